The van der Waals surface area contributed by atoms with Crippen LogP contribution in [0.5, 0.6) is 0 Å². The van der Waals surface area contributed by atoms with Gasteiger partial charge in [-0.3, -0.25) is 0 Å². The van der Waals surface area contributed by atoms with E-state index in [1.54, 1.807) is 23.0 Å². The average molecular weight is 209 g/mol. The number of aromatic nitrogens is 1. The van der Waals surface area contributed by atoms with Gasteiger partial charge < -0.3 is 5.11 Å². The van der Waals surface area contributed by atoms with Crippen molar-refractivity contribution in [3.63, 3.8) is 0 Å². The molecule has 0 fully saturated rings. The van der Waals surface area contributed by atoms with E-state index in [4.69, 9.17) is 0 Å². The molecule has 1 aromatic carbocycles. The van der Waals surface area contributed by atoms with Crippen molar-refractivity contribution < 1.29 is 9.50 Å². The van der Waals surface area contributed by atoms with Gasteiger partial charge in [0.15, 0.2) is 0 Å². The van der Waals surface area contributed by atoms with Gasteiger partial charge in [0.25, 0.3) is 0 Å². The van der Waals surface area contributed by atoms with Crippen molar-refractivity contribution in [3.8, 4) is 0 Å². The topological polar surface area (TPSA) is 33.1 Å². The Morgan fingerprint density at radius 3 is 2.93 bits per heavy atom. The predicted molar refractivity (Wildman–Crippen MR) is 52.6 cm³/mol. The normalized spacial score (nSPS) is 12.7. The quantitative estimate of drug-likeness (QED) is 0.823. The highest BCUT2D eigenvalue weighted by atomic mass is 32.1. The molecule has 0 saturated carbocycles. The average Bonchev–Trinajstić information content (AvgIpc) is 2.69. The van der Waals surface area contributed by atoms with E-state index in [0.29, 0.717) is 11.3 Å². The number of aliphatic hydroxyl groups excluding tert-OH is 1. The van der Waals surface area contributed by atoms with E-state index >= 15 is 0 Å². The Kier molecular flexibility index (Phi) is 2.56. The fourth-order valence-electron chi connectivity index (χ4n) is 1.20. The minimum Gasteiger partial charge on any atom is -0.382 e. The van der Waals surface area contributed by atoms with E-state index in [1.807, 2.05) is 0 Å². The van der Waals surface area contributed by atoms with Gasteiger partial charge in [0.05, 0.1) is 11.2 Å². The van der Waals surface area contributed by atoms with Gasteiger partial charge >= 0.3 is 0 Å². The molecule has 1 N–H and O–H groups in total. The van der Waals surface area contributed by atoms with Crippen LogP contribution < -0.4 is 0 Å². The van der Waals surface area contributed by atoms with Gasteiger partial charge in [0, 0.05) is 5.38 Å². The molecule has 72 valence electrons. The Labute approximate surface area is 84.7 Å². The highest BCUT2D eigenvalue weighted by Crippen LogP contribution is 2.21. The first-order chi connectivity index (χ1) is 6.77. The fourth-order valence-corrected chi connectivity index (χ4v) is 1.78. The molecule has 0 amide bonds. The molecule has 0 aliphatic carbocycles. The molecule has 1 unspecified atom stereocenters. The zero-order chi connectivity index (χ0) is 9.97. The van der Waals surface area contributed by atoms with Crippen LogP contribution in [0.1, 0.15) is 17.4 Å². The molecule has 0 aliphatic rings. The third-order valence-electron chi connectivity index (χ3n) is 1.90. The highest BCUT2D eigenvalue weighted by Gasteiger charge is 2.12. The van der Waals surface area contributed by atoms with E-state index < -0.39 is 6.10 Å². The third-order valence-corrected chi connectivity index (χ3v) is 2.50. The molecule has 1 aromatic heterocycles. The van der Waals surface area contributed by atoms with Crippen molar-refractivity contribution in [2.75, 3.05) is 0 Å². The molecule has 2 rings (SSSR count). The predicted octanol–water partition coefficient (Wildman–Crippen LogP) is 2.36. The monoisotopic (exact) mass is 209 g/mol. The number of aliphatic hydroxyl groups is 1. The number of hydrogen-bond donors (Lipinski definition) is 1. The first-order valence-corrected chi connectivity index (χ1v) is 5.03. The van der Waals surface area contributed by atoms with Gasteiger partial charge in [-0.1, -0.05) is 12.1 Å². The lowest BCUT2D eigenvalue weighted by Gasteiger charge is -2.07. The van der Waals surface area contributed by atoms with Crippen molar-refractivity contribution in [1.82, 2.24) is 4.98 Å². The Morgan fingerprint density at radius 2 is 2.29 bits per heavy atom. The summed E-state index contributed by atoms with van der Waals surface area (Å²) < 4.78 is 12.8. The molecule has 0 saturated heterocycles. The summed E-state index contributed by atoms with van der Waals surface area (Å²) in [5.41, 5.74) is 2.72. The van der Waals surface area contributed by atoms with Crippen molar-refractivity contribution in [1.29, 1.82) is 0 Å². The number of benzene rings is 1. The minimum absolute atomic E-state index is 0.350. The maximum atomic E-state index is 12.8. The van der Waals surface area contributed by atoms with E-state index in [1.165, 1.54) is 23.5 Å². The summed E-state index contributed by atoms with van der Waals surface area (Å²) in [7, 11) is 0. The lowest BCUT2D eigenvalue weighted by atomic mass is 10.1. The van der Waals surface area contributed by atoms with Crippen LogP contribution >= 0.6 is 11.3 Å². The SMILES string of the molecule is OC(c1cccc(F)c1)c1cscn1. The number of rotatable bonds is 2. The van der Waals surface area contributed by atoms with Crippen LogP contribution in [0.25, 0.3) is 0 Å². The first kappa shape index (κ1) is 9.30. The number of nitrogens with zero attached hydrogens (tertiary/aromatic N) is 1. The van der Waals surface area contributed by atoms with Gasteiger partial charge in [0.2, 0.25) is 0 Å². The van der Waals surface area contributed by atoms with Gasteiger partial charge in [-0.15, -0.1) is 11.3 Å². The molecule has 0 aliphatic heterocycles. The molecule has 1 heterocycles. The third kappa shape index (κ3) is 1.81. The summed E-state index contributed by atoms with van der Waals surface area (Å²) >= 11 is 1.40. The summed E-state index contributed by atoms with van der Waals surface area (Å²) in [4.78, 5) is 3.97. The van der Waals surface area contributed by atoms with Gasteiger partial charge in [-0.05, 0) is 17.7 Å². The number of hydrogen-bond acceptors (Lipinski definition) is 3. The smallest absolute Gasteiger partial charge is 0.123 e. The highest BCUT2D eigenvalue weighted by molar-refractivity contribution is 7.07. The summed E-state index contributed by atoms with van der Waals surface area (Å²) in [6, 6.07) is 5.90. The van der Waals surface area contributed by atoms with E-state index in [2.05, 4.69) is 4.98 Å². The summed E-state index contributed by atoms with van der Waals surface area (Å²) in [6.07, 6.45) is -0.836. The maximum absolute atomic E-state index is 12.8. The Bertz CT molecular complexity index is 416. The van der Waals surface area contributed by atoms with Crippen molar-refractivity contribution in [2.45, 2.75) is 6.10 Å². The standard InChI is InChI=1S/C10H8FNOS/c11-8-3-1-2-7(4-8)10(13)9-5-14-6-12-9/h1-6,10,13H. The van der Waals surface area contributed by atoms with Crippen molar-refractivity contribution in [2.24, 2.45) is 0 Å². The molecular formula is C10H8FNOS. The second-order valence-corrected chi connectivity index (χ2v) is 3.59. The van der Waals surface area contributed by atoms with Crippen LogP contribution in [-0.2, 0) is 0 Å². The summed E-state index contributed by atoms with van der Waals surface area (Å²) in [5, 5.41) is 11.5. The van der Waals surface area contributed by atoms with Crippen molar-refractivity contribution >= 4 is 11.3 Å². The zero-order valence-corrected chi connectivity index (χ0v) is 8.04. The molecular weight excluding hydrogens is 201 g/mol. The lowest BCUT2D eigenvalue weighted by Crippen LogP contribution is -1.99. The molecule has 14 heavy (non-hydrogen) atoms. The molecule has 4 heteroatoms. The van der Waals surface area contributed by atoms with Crippen LogP contribution in [0.3, 0.4) is 0 Å². The van der Waals surface area contributed by atoms with Gasteiger partial charge in [-0.25, -0.2) is 9.37 Å². The Balaban J connectivity index is 2.32. The fraction of sp³-hybridized carbons (Fsp3) is 0.100. The van der Waals surface area contributed by atoms with E-state index in [0.717, 1.165) is 0 Å². The summed E-state index contributed by atoms with van der Waals surface area (Å²) in [6.45, 7) is 0. The number of thiazole rings is 1. The molecule has 1 atom stereocenters. The second-order valence-electron chi connectivity index (χ2n) is 2.87. The minimum atomic E-state index is -0.836. The molecule has 0 bridgehead atoms. The zero-order valence-electron chi connectivity index (χ0n) is 7.22. The summed E-state index contributed by atoms with van der Waals surface area (Å²) in [5.74, 6) is -0.350. The van der Waals surface area contributed by atoms with Crippen LogP contribution in [0.4, 0.5) is 4.39 Å². The van der Waals surface area contributed by atoms with Crippen LogP contribution in [0, 0.1) is 5.82 Å². The van der Waals surface area contributed by atoms with Crippen LogP contribution in [0.2, 0.25) is 0 Å². The second kappa shape index (κ2) is 3.86. The first-order valence-electron chi connectivity index (χ1n) is 4.09. The largest absolute Gasteiger partial charge is 0.382 e. The van der Waals surface area contributed by atoms with Gasteiger partial charge in [0.1, 0.15) is 11.9 Å². The molecule has 2 nitrogen and oxygen atoms in total. The van der Waals surface area contributed by atoms with Crippen LogP contribution in [-0.4, -0.2) is 10.1 Å². The number of halogens is 1. The Hall–Kier alpha value is -1.26. The van der Waals surface area contributed by atoms with Crippen LogP contribution in [0.15, 0.2) is 35.2 Å². The Morgan fingerprint density at radius 1 is 1.43 bits per heavy atom. The van der Waals surface area contributed by atoms with Crippen molar-refractivity contribution in [3.05, 3.63) is 52.2 Å². The van der Waals surface area contributed by atoms with E-state index in [9.17, 15) is 9.50 Å². The molecule has 2 aromatic rings. The molecule has 0 radical (unpaired) electrons. The van der Waals surface area contributed by atoms with Gasteiger partial charge in [-0.2, -0.15) is 0 Å². The van der Waals surface area contributed by atoms with E-state index in [-0.39, 0.29) is 5.82 Å². The molecule has 0 spiro atoms. The maximum Gasteiger partial charge on any atom is 0.123 e. The lowest BCUT2D eigenvalue weighted by molar-refractivity contribution is 0.215.